The van der Waals surface area contributed by atoms with E-state index in [2.05, 4.69) is 45.1 Å². The van der Waals surface area contributed by atoms with Crippen LogP contribution in [0.2, 0.25) is 0 Å². The van der Waals surface area contributed by atoms with Gasteiger partial charge in [-0.25, -0.2) is 0 Å². The number of thiophene rings is 1. The van der Waals surface area contributed by atoms with Gasteiger partial charge in [0.2, 0.25) is 0 Å². The number of anilines is 2. The van der Waals surface area contributed by atoms with E-state index in [-0.39, 0.29) is 17.5 Å². The molecule has 30 heavy (non-hydrogen) atoms. The van der Waals surface area contributed by atoms with E-state index in [0.29, 0.717) is 22.9 Å². The van der Waals surface area contributed by atoms with E-state index in [1.165, 1.54) is 27.6 Å². The highest BCUT2D eigenvalue weighted by Crippen LogP contribution is 2.16. The number of aromatic nitrogens is 4. The van der Waals surface area contributed by atoms with Crippen LogP contribution in [-0.4, -0.2) is 31.4 Å². The van der Waals surface area contributed by atoms with E-state index >= 15 is 0 Å². The SMILES string of the molecule is Cc1ccc(Cn2cc(NC(=O)c3cc(NC(=O)c4cccs4)n(C)n3)cn2)cc1. The molecule has 0 bridgehead atoms. The van der Waals surface area contributed by atoms with Gasteiger partial charge in [0.25, 0.3) is 11.8 Å². The molecule has 3 aromatic heterocycles. The lowest BCUT2D eigenvalue weighted by Gasteiger charge is -2.02. The summed E-state index contributed by atoms with van der Waals surface area (Å²) >= 11 is 1.34. The number of benzene rings is 1. The predicted molar refractivity (Wildman–Crippen MR) is 116 cm³/mol. The molecular weight excluding hydrogens is 400 g/mol. The van der Waals surface area contributed by atoms with Gasteiger partial charge in [0.1, 0.15) is 5.82 Å². The second kappa shape index (κ2) is 8.34. The van der Waals surface area contributed by atoms with Crippen molar-refractivity contribution < 1.29 is 9.59 Å². The number of nitrogens with one attached hydrogen (secondary N) is 2. The van der Waals surface area contributed by atoms with E-state index in [0.717, 1.165) is 5.56 Å². The van der Waals surface area contributed by atoms with Crippen molar-refractivity contribution in [1.82, 2.24) is 19.6 Å². The number of nitrogens with zero attached hydrogens (tertiary/aromatic N) is 4. The summed E-state index contributed by atoms with van der Waals surface area (Å²) < 4.78 is 3.21. The van der Waals surface area contributed by atoms with Gasteiger partial charge in [-0.05, 0) is 23.9 Å². The fourth-order valence-corrected chi connectivity index (χ4v) is 3.49. The van der Waals surface area contributed by atoms with E-state index in [1.54, 1.807) is 36.3 Å². The molecule has 3 heterocycles. The molecule has 8 nitrogen and oxygen atoms in total. The highest BCUT2D eigenvalue weighted by atomic mass is 32.1. The number of aryl methyl sites for hydroxylation is 2. The van der Waals surface area contributed by atoms with Crippen LogP contribution >= 0.6 is 11.3 Å². The molecule has 0 aliphatic carbocycles. The van der Waals surface area contributed by atoms with Gasteiger partial charge >= 0.3 is 0 Å². The highest BCUT2D eigenvalue weighted by Gasteiger charge is 2.16. The zero-order valence-electron chi connectivity index (χ0n) is 16.5. The van der Waals surface area contributed by atoms with Crippen LogP contribution in [0.4, 0.5) is 11.5 Å². The lowest BCUT2D eigenvalue weighted by atomic mass is 10.1. The summed E-state index contributed by atoms with van der Waals surface area (Å²) in [4.78, 5) is 25.4. The lowest BCUT2D eigenvalue weighted by molar-refractivity contribution is 0.101. The summed E-state index contributed by atoms with van der Waals surface area (Å²) in [5.41, 5.74) is 3.10. The number of rotatable bonds is 6. The first-order valence-electron chi connectivity index (χ1n) is 9.26. The van der Waals surface area contributed by atoms with Gasteiger partial charge in [0.15, 0.2) is 5.69 Å². The highest BCUT2D eigenvalue weighted by molar-refractivity contribution is 7.12. The van der Waals surface area contributed by atoms with Crippen molar-refractivity contribution in [3.05, 3.63) is 81.9 Å². The molecule has 2 amide bonds. The first-order valence-corrected chi connectivity index (χ1v) is 10.1. The molecule has 9 heteroatoms. The van der Waals surface area contributed by atoms with Crippen LogP contribution in [-0.2, 0) is 13.6 Å². The Labute approximate surface area is 177 Å². The Morgan fingerprint density at radius 2 is 1.90 bits per heavy atom. The minimum absolute atomic E-state index is 0.199. The van der Waals surface area contributed by atoms with Crippen LogP contribution in [0.5, 0.6) is 0 Å². The average molecular weight is 420 g/mol. The van der Waals surface area contributed by atoms with Gasteiger partial charge in [-0.15, -0.1) is 11.3 Å². The number of amides is 2. The minimum atomic E-state index is -0.378. The van der Waals surface area contributed by atoms with E-state index in [9.17, 15) is 9.59 Å². The summed E-state index contributed by atoms with van der Waals surface area (Å²) in [5, 5.41) is 15.9. The average Bonchev–Trinajstić information content (AvgIpc) is 3.46. The number of carbonyl (C=O) groups excluding carboxylic acids is 2. The van der Waals surface area contributed by atoms with Crippen molar-refractivity contribution in [3.8, 4) is 0 Å². The molecule has 0 saturated heterocycles. The third-order valence-corrected chi connectivity index (χ3v) is 5.32. The third-order valence-electron chi connectivity index (χ3n) is 4.46. The fraction of sp³-hybridized carbons (Fsp3) is 0.143. The topological polar surface area (TPSA) is 93.8 Å². The Morgan fingerprint density at radius 1 is 1.10 bits per heavy atom. The molecule has 4 aromatic rings. The molecule has 4 rings (SSSR count). The van der Waals surface area contributed by atoms with Crippen LogP contribution in [0.15, 0.2) is 60.2 Å². The number of carbonyl (C=O) groups is 2. The van der Waals surface area contributed by atoms with Crippen LogP contribution in [0.3, 0.4) is 0 Å². The molecule has 152 valence electrons. The van der Waals surface area contributed by atoms with Gasteiger partial charge in [-0.1, -0.05) is 35.9 Å². The predicted octanol–water partition coefficient (Wildman–Crippen LogP) is 3.54. The lowest BCUT2D eigenvalue weighted by Crippen LogP contribution is -2.13. The standard InChI is InChI=1S/C21H20N6O2S/c1-14-5-7-15(8-6-14)12-27-13-16(11-22-27)23-20(28)17-10-19(26(2)25-17)24-21(29)18-4-3-9-30-18/h3-11,13H,12H2,1-2H3,(H,23,28)(H,24,29). The maximum absolute atomic E-state index is 12.6. The summed E-state index contributed by atoms with van der Waals surface area (Å²) in [6.07, 6.45) is 3.36. The van der Waals surface area contributed by atoms with Crippen molar-refractivity contribution in [2.24, 2.45) is 7.05 Å². The zero-order valence-corrected chi connectivity index (χ0v) is 17.3. The molecule has 0 atom stereocenters. The Bertz CT molecular complexity index is 1170. The Balaban J connectivity index is 1.40. The molecule has 0 unspecified atom stereocenters. The van der Waals surface area contributed by atoms with Gasteiger partial charge in [-0.2, -0.15) is 10.2 Å². The van der Waals surface area contributed by atoms with Gasteiger partial charge < -0.3 is 10.6 Å². The maximum Gasteiger partial charge on any atom is 0.276 e. The van der Waals surface area contributed by atoms with Crippen LogP contribution in [0, 0.1) is 6.92 Å². The number of hydrogen-bond donors (Lipinski definition) is 2. The van der Waals surface area contributed by atoms with E-state index < -0.39 is 0 Å². The Morgan fingerprint density at radius 3 is 2.63 bits per heavy atom. The molecule has 0 fully saturated rings. The van der Waals surface area contributed by atoms with Gasteiger partial charge in [0.05, 0.1) is 23.3 Å². The van der Waals surface area contributed by atoms with Crippen molar-refractivity contribution >= 4 is 34.7 Å². The van der Waals surface area contributed by atoms with E-state index in [4.69, 9.17) is 0 Å². The van der Waals surface area contributed by atoms with Gasteiger partial charge in [0, 0.05) is 19.3 Å². The summed E-state index contributed by atoms with van der Waals surface area (Å²) in [5.74, 6) is -0.178. The second-order valence-electron chi connectivity index (χ2n) is 6.84. The first kappa shape index (κ1) is 19.6. The number of hydrogen-bond acceptors (Lipinski definition) is 5. The summed E-state index contributed by atoms with van der Waals surface area (Å²) in [6, 6.07) is 13.3. The molecule has 0 aliphatic rings. The Kier molecular flexibility index (Phi) is 5.44. The molecule has 1 aromatic carbocycles. The van der Waals surface area contributed by atoms with Crippen molar-refractivity contribution in [1.29, 1.82) is 0 Å². The smallest absolute Gasteiger partial charge is 0.276 e. The van der Waals surface area contributed by atoms with Crippen LogP contribution in [0.1, 0.15) is 31.3 Å². The molecule has 0 saturated carbocycles. The maximum atomic E-state index is 12.6. The molecule has 0 spiro atoms. The molecule has 0 radical (unpaired) electrons. The van der Waals surface area contributed by atoms with Crippen molar-refractivity contribution in [3.63, 3.8) is 0 Å². The Hall–Kier alpha value is -3.72. The van der Waals surface area contributed by atoms with Gasteiger partial charge in [-0.3, -0.25) is 19.0 Å². The second-order valence-corrected chi connectivity index (χ2v) is 7.78. The van der Waals surface area contributed by atoms with Crippen molar-refractivity contribution in [2.75, 3.05) is 10.6 Å². The third kappa shape index (κ3) is 4.47. The molecular formula is C21H20N6O2S. The normalized spacial score (nSPS) is 10.7. The monoisotopic (exact) mass is 420 g/mol. The van der Waals surface area contributed by atoms with Crippen molar-refractivity contribution in [2.45, 2.75) is 13.5 Å². The fourth-order valence-electron chi connectivity index (χ4n) is 2.87. The molecule has 2 N–H and O–H groups in total. The van der Waals surface area contributed by atoms with Crippen LogP contribution in [0.25, 0.3) is 0 Å². The quantitative estimate of drug-likeness (QED) is 0.499. The minimum Gasteiger partial charge on any atom is -0.318 e. The van der Waals surface area contributed by atoms with Crippen LogP contribution < -0.4 is 10.6 Å². The zero-order chi connectivity index (χ0) is 21.1. The largest absolute Gasteiger partial charge is 0.318 e. The summed E-state index contributed by atoms with van der Waals surface area (Å²) in [6.45, 7) is 2.65. The van der Waals surface area contributed by atoms with E-state index in [1.807, 2.05) is 12.3 Å². The molecule has 0 aliphatic heterocycles. The summed E-state index contributed by atoms with van der Waals surface area (Å²) in [7, 11) is 1.67. The first-order chi connectivity index (χ1) is 14.5.